The van der Waals surface area contributed by atoms with Crippen molar-refractivity contribution < 1.29 is 0 Å². The van der Waals surface area contributed by atoms with Crippen molar-refractivity contribution in [2.24, 2.45) is 11.1 Å². The smallest absolute Gasteiger partial charge is 0.149 e. The van der Waals surface area contributed by atoms with Crippen molar-refractivity contribution in [3.05, 3.63) is 21.8 Å². The second-order valence-corrected chi connectivity index (χ2v) is 4.91. The highest BCUT2D eigenvalue weighted by molar-refractivity contribution is 9.10. The summed E-state index contributed by atoms with van der Waals surface area (Å²) < 4.78 is 0.655. The molecule has 17 heavy (non-hydrogen) atoms. The summed E-state index contributed by atoms with van der Waals surface area (Å²) in [6.07, 6.45) is 4.09. The van der Waals surface area contributed by atoms with E-state index in [2.05, 4.69) is 37.5 Å². The van der Waals surface area contributed by atoms with E-state index < -0.39 is 0 Å². The van der Waals surface area contributed by atoms with E-state index in [1.54, 1.807) is 6.07 Å². The lowest BCUT2D eigenvalue weighted by Crippen LogP contribution is -2.15. The van der Waals surface area contributed by atoms with Crippen molar-refractivity contribution in [3.8, 4) is 6.07 Å². The highest BCUT2D eigenvalue weighted by Gasteiger charge is 2.24. The van der Waals surface area contributed by atoms with Gasteiger partial charge in [-0.1, -0.05) is 0 Å². The number of anilines is 1. The van der Waals surface area contributed by atoms with Gasteiger partial charge in [0.1, 0.15) is 10.3 Å². The zero-order chi connectivity index (χ0) is 12.3. The number of halogens is 1. The fourth-order valence-electron chi connectivity index (χ4n) is 2.06. The Bertz CT molecular complexity index is 471. The van der Waals surface area contributed by atoms with E-state index in [-0.39, 0.29) is 12.0 Å². The first-order valence-electron chi connectivity index (χ1n) is 5.38. The normalized spacial score (nSPS) is 23.1. The first-order valence-corrected chi connectivity index (χ1v) is 6.17. The number of nitroso groups, excluding NO2 is 1. The van der Waals surface area contributed by atoms with Crippen LogP contribution < -0.4 is 5.32 Å². The average Bonchev–Trinajstić information content (AvgIpc) is 2.77. The summed E-state index contributed by atoms with van der Waals surface area (Å²) in [7, 11) is 0. The van der Waals surface area contributed by atoms with Gasteiger partial charge in [0.05, 0.1) is 18.0 Å². The Labute approximate surface area is 107 Å². The molecule has 2 atom stereocenters. The molecular formula is C11H11BrN4O. The van der Waals surface area contributed by atoms with Crippen LogP contribution in [0.1, 0.15) is 19.3 Å². The fraction of sp³-hybridized carbons (Fsp3) is 0.455. The third-order valence-electron chi connectivity index (χ3n) is 2.92. The van der Waals surface area contributed by atoms with Crippen LogP contribution in [0.4, 0.5) is 11.4 Å². The van der Waals surface area contributed by atoms with E-state index in [0.29, 0.717) is 16.0 Å². The summed E-state index contributed by atoms with van der Waals surface area (Å²) in [6, 6.07) is 4.24. The molecule has 2 rings (SSSR count). The molecule has 0 aliphatic heterocycles. The molecule has 0 spiro atoms. The Morgan fingerprint density at radius 2 is 2.41 bits per heavy atom. The monoisotopic (exact) mass is 294 g/mol. The average molecular weight is 295 g/mol. The van der Waals surface area contributed by atoms with Crippen LogP contribution in [0.25, 0.3) is 0 Å². The van der Waals surface area contributed by atoms with Gasteiger partial charge in [0.25, 0.3) is 0 Å². The van der Waals surface area contributed by atoms with Gasteiger partial charge in [0, 0.05) is 12.0 Å². The van der Waals surface area contributed by atoms with Gasteiger partial charge in [-0.3, -0.25) is 0 Å². The largest absolute Gasteiger partial charge is 0.380 e. The van der Waals surface area contributed by atoms with Gasteiger partial charge in [0.2, 0.25) is 0 Å². The number of rotatable bonds is 3. The molecule has 6 heteroatoms. The maximum atomic E-state index is 10.6. The topological polar surface area (TPSA) is 78.1 Å². The molecular weight excluding hydrogens is 284 g/mol. The lowest BCUT2D eigenvalue weighted by atomic mass is 10.1. The zero-order valence-corrected chi connectivity index (χ0v) is 10.6. The molecule has 1 aliphatic rings. The van der Waals surface area contributed by atoms with Crippen molar-refractivity contribution in [1.29, 1.82) is 5.26 Å². The second kappa shape index (κ2) is 5.23. The molecule has 1 heterocycles. The van der Waals surface area contributed by atoms with Crippen LogP contribution in [0.15, 0.2) is 22.0 Å². The molecule has 0 amide bonds. The zero-order valence-electron chi connectivity index (χ0n) is 9.06. The van der Waals surface area contributed by atoms with Crippen molar-refractivity contribution in [3.63, 3.8) is 0 Å². The van der Waals surface area contributed by atoms with E-state index in [0.717, 1.165) is 19.3 Å². The molecule has 0 radical (unpaired) electrons. The van der Waals surface area contributed by atoms with E-state index in [1.807, 2.05) is 0 Å². The minimum absolute atomic E-state index is 0.116. The quantitative estimate of drug-likeness (QED) is 0.685. The molecule has 1 N–H and O–H groups in total. The number of nitrogens with zero attached hydrogens (tertiary/aromatic N) is 3. The van der Waals surface area contributed by atoms with Crippen LogP contribution >= 0.6 is 15.9 Å². The van der Waals surface area contributed by atoms with Crippen molar-refractivity contribution in [1.82, 2.24) is 4.98 Å². The standard InChI is InChI=1S/C11H11BrN4O/c12-11-4-9(10(16-17)6-14-11)15-8-2-1-7(3-8)5-13/h4,6-8H,1-3H2,(H,14,15). The lowest BCUT2D eigenvalue weighted by molar-refractivity contribution is 0.684. The van der Waals surface area contributed by atoms with Gasteiger partial charge in [-0.2, -0.15) is 5.26 Å². The third kappa shape index (κ3) is 2.80. The predicted octanol–water partition coefficient (Wildman–Crippen LogP) is 3.35. The van der Waals surface area contributed by atoms with Gasteiger partial charge in [-0.15, -0.1) is 4.91 Å². The van der Waals surface area contributed by atoms with E-state index in [4.69, 9.17) is 5.26 Å². The summed E-state index contributed by atoms with van der Waals surface area (Å²) in [6.45, 7) is 0. The lowest BCUT2D eigenvalue weighted by Gasteiger charge is -2.14. The van der Waals surface area contributed by atoms with Crippen molar-refractivity contribution in [2.45, 2.75) is 25.3 Å². The number of hydrogen-bond donors (Lipinski definition) is 1. The molecule has 0 saturated heterocycles. The Morgan fingerprint density at radius 1 is 1.59 bits per heavy atom. The SMILES string of the molecule is N#CC1CCC(Nc2cc(Br)ncc2N=O)C1. The molecule has 0 bridgehead atoms. The van der Waals surface area contributed by atoms with Crippen LogP contribution in [0.5, 0.6) is 0 Å². The first kappa shape index (κ1) is 12.0. The Kier molecular flexibility index (Phi) is 3.69. The molecule has 1 fully saturated rings. The van der Waals surface area contributed by atoms with E-state index in [1.165, 1.54) is 6.20 Å². The summed E-state index contributed by atoms with van der Waals surface area (Å²) >= 11 is 3.25. The summed E-state index contributed by atoms with van der Waals surface area (Å²) in [4.78, 5) is 14.6. The van der Waals surface area contributed by atoms with E-state index in [9.17, 15) is 4.91 Å². The predicted molar refractivity (Wildman–Crippen MR) is 67.8 cm³/mol. The number of nitriles is 1. The van der Waals surface area contributed by atoms with Crippen LogP contribution in [0.2, 0.25) is 0 Å². The molecule has 5 nitrogen and oxygen atoms in total. The van der Waals surface area contributed by atoms with Gasteiger partial charge in [-0.05, 0) is 46.4 Å². The van der Waals surface area contributed by atoms with Gasteiger partial charge >= 0.3 is 0 Å². The van der Waals surface area contributed by atoms with Crippen molar-refractivity contribution in [2.75, 3.05) is 5.32 Å². The Hall–Kier alpha value is -1.48. The first-order chi connectivity index (χ1) is 8.22. The third-order valence-corrected chi connectivity index (χ3v) is 3.36. The van der Waals surface area contributed by atoms with Crippen LogP contribution in [-0.4, -0.2) is 11.0 Å². The van der Waals surface area contributed by atoms with Crippen LogP contribution in [0.3, 0.4) is 0 Å². The molecule has 1 saturated carbocycles. The molecule has 1 aromatic heterocycles. The highest BCUT2D eigenvalue weighted by atomic mass is 79.9. The Morgan fingerprint density at radius 3 is 3.06 bits per heavy atom. The fourth-order valence-corrected chi connectivity index (χ4v) is 2.39. The molecule has 1 aliphatic carbocycles. The number of pyridine rings is 1. The number of hydrogen-bond acceptors (Lipinski definition) is 5. The van der Waals surface area contributed by atoms with Crippen LogP contribution in [-0.2, 0) is 0 Å². The molecule has 1 aromatic rings. The molecule has 2 unspecified atom stereocenters. The maximum absolute atomic E-state index is 10.6. The Balaban J connectivity index is 2.11. The second-order valence-electron chi connectivity index (χ2n) is 4.10. The maximum Gasteiger partial charge on any atom is 0.149 e. The summed E-state index contributed by atoms with van der Waals surface area (Å²) in [5.41, 5.74) is 0.971. The molecule has 0 aromatic carbocycles. The minimum atomic E-state index is 0.116. The van der Waals surface area contributed by atoms with E-state index >= 15 is 0 Å². The van der Waals surface area contributed by atoms with Crippen molar-refractivity contribution >= 4 is 27.3 Å². The van der Waals surface area contributed by atoms with Gasteiger partial charge < -0.3 is 5.32 Å². The van der Waals surface area contributed by atoms with Crippen LogP contribution in [0, 0.1) is 22.2 Å². The summed E-state index contributed by atoms with van der Waals surface area (Å²) in [5.74, 6) is 0.116. The molecule has 88 valence electrons. The highest BCUT2D eigenvalue weighted by Crippen LogP contribution is 2.32. The number of nitrogens with one attached hydrogen (secondary N) is 1. The van der Waals surface area contributed by atoms with Gasteiger partial charge in [0.15, 0.2) is 0 Å². The minimum Gasteiger partial charge on any atom is -0.380 e. The summed E-state index contributed by atoms with van der Waals surface area (Å²) in [5, 5.41) is 15.0. The van der Waals surface area contributed by atoms with Gasteiger partial charge in [-0.25, -0.2) is 4.98 Å². The number of aromatic nitrogens is 1.